The average Bonchev–Trinajstić information content (AvgIpc) is 3.33. The van der Waals surface area contributed by atoms with Crippen LogP contribution in [0.4, 0.5) is 5.69 Å². The zero-order valence-corrected chi connectivity index (χ0v) is 16.5. The Kier molecular flexibility index (Phi) is 4.93. The van der Waals surface area contributed by atoms with Crippen molar-refractivity contribution in [3.8, 4) is 22.9 Å². The first-order chi connectivity index (χ1) is 14.8. The molecule has 1 N–H and O–H groups in total. The molecule has 0 aliphatic carbocycles. The van der Waals surface area contributed by atoms with Crippen molar-refractivity contribution in [2.75, 3.05) is 12.1 Å². The zero-order chi connectivity index (χ0) is 20.3. The lowest BCUT2D eigenvalue weighted by Gasteiger charge is -2.08. The third-order valence-electron chi connectivity index (χ3n) is 5.34. The number of hydrogen-bond donors (Lipinski definition) is 1. The van der Waals surface area contributed by atoms with E-state index in [1.54, 1.807) is 6.08 Å². The summed E-state index contributed by atoms with van der Waals surface area (Å²) in [6.07, 6.45) is 7.79. The normalized spacial score (nSPS) is 15.1. The van der Waals surface area contributed by atoms with E-state index in [0.717, 1.165) is 53.6 Å². The topological polar surface area (TPSA) is 78.3 Å². The zero-order valence-electron chi connectivity index (χ0n) is 16.5. The highest BCUT2D eigenvalue weighted by Gasteiger charge is 2.16. The number of carbonyl (C=O) groups excluding carboxylic acids is 1. The van der Waals surface area contributed by atoms with Gasteiger partial charge in [-0.3, -0.25) is 4.79 Å². The molecule has 0 unspecified atom stereocenters. The second-order valence-electron chi connectivity index (χ2n) is 7.41. The van der Waals surface area contributed by atoms with Gasteiger partial charge in [0.1, 0.15) is 5.82 Å². The molecule has 5 rings (SSSR count). The average molecular weight is 402 g/mol. The number of rotatable bonds is 4. The van der Waals surface area contributed by atoms with Crippen LogP contribution < -0.4 is 14.8 Å². The van der Waals surface area contributed by atoms with Crippen LogP contribution >= 0.6 is 0 Å². The molecule has 0 saturated carbocycles. The summed E-state index contributed by atoms with van der Waals surface area (Å²) in [6.45, 7) is 1.19. The van der Waals surface area contributed by atoms with Crippen LogP contribution in [0.2, 0.25) is 0 Å². The largest absolute Gasteiger partial charge is 0.454 e. The first-order valence-electron chi connectivity index (χ1n) is 10.2. The van der Waals surface area contributed by atoms with Crippen molar-refractivity contribution < 1.29 is 14.3 Å². The fraction of sp³-hybridized carbons (Fsp3) is 0.261. The Morgan fingerprint density at radius 1 is 1.00 bits per heavy atom. The van der Waals surface area contributed by atoms with Crippen LogP contribution in [0.15, 0.2) is 48.5 Å². The van der Waals surface area contributed by atoms with Gasteiger partial charge in [-0.15, -0.1) is 10.2 Å². The molecule has 2 aliphatic heterocycles. The number of anilines is 1. The molecule has 1 aromatic heterocycles. The molecular weight excluding hydrogens is 380 g/mol. The van der Waals surface area contributed by atoms with Gasteiger partial charge in [-0.2, -0.15) is 0 Å². The molecule has 0 atom stereocenters. The van der Waals surface area contributed by atoms with Crippen LogP contribution in [-0.2, 0) is 17.8 Å². The molecular formula is C23H22N4O3. The van der Waals surface area contributed by atoms with E-state index in [0.29, 0.717) is 5.75 Å². The van der Waals surface area contributed by atoms with Crippen molar-refractivity contribution in [1.82, 2.24) is 14.8 Å². The Morgan fingerprint density at radius 2 is 1.87 bits per heavy atom. The summed E-state index contributed by atoms with van der Waals surface area (Å²) in [7, 11) is 0. The van der Waals surface area contributed by atoms with Crippen molar-refractivity contribution in [1.29, 1.82) is 0 Å². The standard InChI is InChI=1S/C23H22N4O3/c28-22(12-6-16-5-11-19-20(14-16)30-15-29-19)24-18-9-7-17(8-10-18)23-26-25-21-4-2-1-3-13-27(21)23/h5-12,14H,1-4,13,15H2,(H,24,28)/b12-6+. The Morgan fingerprint density at radius 3 is 2.77 bits per heavy atom. The Hall–Kier alpha value is -3.61. The van der Waals surface area contributed by atoms with Crippen LogP contribution in [0.1, 0.15) is 30.7 Å². The lowest BCUT2D eigenvalue weighted by atomic mass is 10.1. The molecule has 2 aliphatic rings. The molecule has 30 heavy (non-hydrogen) atoms. The van der Waals surface area contributed by atoms with Gasteiger partial charge < -0.3 is 19.4 Å². The van der Waals surface area contributed by atoms with Crippen LogP contribution in [0.3, 0.4) is 0 Å². The number of aromatic nitrogens is 3. The molecule has 0 bridgehead atoms. The number of nitrogens with one attached hydrogen (secondary N) is 1. The van der Waals surface area contributed by atoms with E-state index < -0.39 is 0 Å². The quantitative estimate of drug-likeness (QED) is 0.666. The molecule has 152 valence electrons. The summed E-state index contributed by atoms with van der Waals surface area (Å²) in [5, 5.41) is 11.6. The fourth-order valence-corrected chi connectivity index (χ4v) is 3.77. The first-order valence-corrected chi connectivity index (χ1v) is 10.2. The minimum Gasteiger partial charge on any atom is -0.454 e. The second-order valence-corrected chi connectivity index (χ2v) is 7.41. The van der Waals surface area contributed by atoms with Crippen LogP contribution in [0.25, 0.3) is 17.5 Å². The molecule has 0 saturated heterocycles. The van der Waals surface area contributed by atoms with E-state index in [2.05, 4.69) is 20.1 Å². The third kappa shape index (κ3) is 3.78. The summed E-state index contributed by atoms with van der Waals surface area (Å²) in [5.41, 5.74) is 2.61. The van der Waals surface area contributed by atoms with Crippen molar-refractivity contribution in [2.45, 2.75) is 32.2 Å². The number of hydrogen-bond acceptors (Lipinski definition) is 5. The molecule has 0 radical (unpaired) electrons. The summed E-state index contributed by atoms with van der Waals surface area (Å²) in [4.78, 5) is 12.3. The summed E-state index contributed by atoms with van der Waals surface area (Å²) in [5.74, 6) is 3.18. The molecule has 7 nitrogen and oxygen atoms in total. The van der Waals surface area contributed by atoms with Gasteiger partial charge in [-0.25, -0.2) is 0 Å². The van der Waals surface area contributed by atoms with E-state index in [4.69, 9.17) is 9.47 Å². The third-order valence-corrected chi connectivity index (χ3v) is 5.34. The number of fused-ring (bicyclic) bond motifs is 2. The fourth-order valence-electron chi connectivity index (χ4n) is 3.77. The maximum Gasteiger partial charge on any atom is 0.248 e. The molecule has 0 fully saturated rings. The Labute approximate surface area is 174 Å². The SMILES string of the molecule is O=C(/C=C/c1ccc2c(c1)OCO2)Nc1ccc(-c2nnc3n2CCCCC3)cc1. The molecule has 3 heterocycles. The van der Waals surface area contributed by atoms with E-state index in [9.17, 15) is 4.79 Å². The van der Waals surface area contributed by atoms with E-state index in [1.165, 1.54) is 18.9 Å². The molecule has 2 aromatic carbocycles. The van der Waals surface area contributed by atoms with E-state index in [-0.39, 0.29) is 12.7 Å². The summed E-state index contributed by atoms with van der Waals surface area (Å²) in [6, 6.07) is 13.3. The number of amides is 1. The first kappa shape index (κ1) is 18.4. The van der Waals surface area contributed by atoms with Crippen LogP contribution in [0.5, 0.6) is 11.5 Å². The van der Waals surface area contributed by atoms with Gasteiger partial charge >= 0.3 is 0 Å². The number of carbonyl (C=O) groups is 1. The Balaban J connectivity index is 1.25. The minimum absolute atomic E-state index is 0.197. The van der Waals surface area contributed by atoms with Crippen LogP contribution in [0, 0.1) is 0 Å². The lowest BCUT2D eigenvalue weighted by Crippen LogP contribution is -2.07. The maximum atomic E-state index is 12.3. The number of aryl methyl sites for hydroxylation is 1. The summed E-state index contributed by atoms with van der Waals surface area (Å²) >= 11 is 0. The second kappa shape index (κ2) is 8.02. The number of nitrogens with zero attached hydrogens (tertiary/aromatic N) is 3. The van der Waals surface area contributed by atoms with Gasteiger partial charge in [0.15, 0.2) is 17.3 Å². The highest BCUT2D eigenvalue weighted by Crippen LogP contribution is 2.32. The lowest BCUT2D eigenvalue weighted by molar-refractivity contribution is -0.111. The molecule has 0 spiro atoms. The smallest absolute Gasteiger partial charge is 0.248 e. The van der Waals surface area contributed by atoms with Gasteiger partial charge in [-0.1, -0.05) is 12.5 Å². The van der Waals surface area contributed by atoms with Gasteiger partial charge in [0.25, 0.3) is 0 Å². The highest BCUT2D eigenvalue weighted by molar-refractivity contribution is 6.02. The predicted molar refractivity (Wildman–Crippen MR) is 113 cm³/mol. The van der Waals surface area contributed by atoms with Gasteiger partial charge in [0, 0.05) is 30.3 Å². The van der Waals surface area contributed by atoms with E-state index >= 15 is 0 Å². The number of ether oxygens (including phenoxy) is 2. The maximum absolute atomic E-state index is 12.3. The Bertz CT molecular complexity index is 1100. The van der Waals surface area contributed by atoms with Gasteiger partial charge in [-0.05, 0) is 60.9 Å². The minimum atomic E-state index is -0.197. The number of benzene rings is 2. The molecule has 1 amide bonds. The van der Waals surface area contributed by atoms with Crippen molar-refractivity contribution >= 4 is 17.7 Å². The van der Waals surface area contributed by atoms with Crippen LogP contribution in [-0.4, -0.2) is 27.5 Å². The predicted octanol–water partition coefficient (Wildman–Crippen LogP) is 4.05. The van der Waals surface area contributed by atoms with E-state index in [1.807, 2.05) is 42.5 Å². The summed E-state index contributed by atoms with van der Waals surface area (Å²) < 4.78 is 12.9. The van der Waals surface area contributed by atoms with Crippen molar-refractivity contribution in [3.05, 3.63) is 59.9 Å². The van der Waals surface area contributed by atoms with Crippen molar-refractivity contribution in [3.63, 3.8) is 0 Å². The van der Waals surface area contributed by atoms with Gasteiger partial charge in [0.05, 0.1) is 0 Å². The molecule has 3 aromatic rings. The molecule has 7 heteroatoms. The van der Waals surface area contributed by atoms with Gasteiger partial charge in [0.2, 0.25) is 12.7 Å². The van der Waals surface area contributed by atoms with Crippen molar-refractivity contribution in [2.24, 2.45) is 0 Å². The monoisotopic (exact) mass is 402 g/mol. The highest BCUT2D eigenvalue weighted by atomic mass is 16.7.